The normalized spacial score (nSPS) is 18.2. The number of carbonyl (C=O) groups is 2. The highest BCUT2D eigenvalue weighted by atomic mass is 35.5. The Labute approximate surface area is 197 Å². The minimum Gasteiger partial charge on any atom is -0.356 e. The van der Waals surface area contributed by atoms with Crippen molar-refractivity contribution >= 4 is 24.2 Å². The summed E-state index contributed by atoms with van der Waals surface area (Å²) in [4.78, 5) is 31.5. The first-order valence-electron chi connectivity index (χ1n) is 10.8. The van der Waals surface area contributed by atoms with E-state index in [1.807, 2.05) is 30.3 Å². The molecule has 11 nitrogen and oxygen atoms in total. The molecule has 0 bridgehead atoms. The fourth-order valence-electron chi connectivity index (χ4n) is 3.69. The number of aromatic amines is 1. The van der Waals surface area contributed by atoms with E-state index in [0.29, 0.717) is 38.5 Å². The Kier molecular flexibility index (Phi) is 8.90. The molecule has 2 aromatic heterocycles. The second-order valence-electron chi connectivity index (χ2n) is 7.68. The van der Waals surface area contributed by atoms with Crippen LogP contribution in [0.25, 0.3) is 5.95 Å². The Morgan fingerprint density at radius 2 is 1.76 bits per heavy atom. The van der Waals surface area contributed by atoms with Crippen molar-refractivity contribution in [3.05, 3.63) is 54.4 Å². The largest absolute Gasteiger partial charge is 0.356 e. The summed E-state index contributed by atoms with van der Waals surface area (Å²) in [5.41, 5.74) is 1.08. The van der Waals surface area contributed by atoms with Gasteiger partial charge in [-0.3, -0.25) is 19.3 Å². The molecule has 1 unspecified atom stereocenters. The van der Waals surface area contributed by atoms with Crippen LogP contribution in [0.2, 0.25) is 0 Å². The molecule has 176 valence electrons. The standard InChI is InChI=1S/C21H27N9O2.ClH/c31-18-13-17(16-7-2-1-3-8-16)22-10-6-12-29(11-5-4-9-23-18)20(32)19-26-21(28-27-19)30-14-24-25-15-30;/h1-3,7-8,14-15,17,22H,4-6,9-13H2,(H,23,31)(H,26,27,28);1H. The van der Waals surface area contributed by atoms with Crippen LogP contribution >= 0.6 is 12.4 Å². The van der Waals surface area contributed by atoms with E-state index < -0.39 is 0 Å². The maximum Gasteiger partial charge on any atom is 0.291 e. The molecular formula is C21H28ClN9O2. The maximum atomic E-state index is 13.1. The highest BCUT2D eigenvalue weighted by Crippen LogP contribution is 2.17. The van der Waals surface area contributed by atoms with E-state index in [0.717, 1.165) is 24.8 Å². The second kappa shape index (κ2) is 12.1. The molecule has 3 heterocycles. The van der Waals surface area contributed by atoms with Crippen LogP contribution < -0.4 is 10.6 Å². The number of H-pyrrole nitrogens is 1. The molecular weight excluding hydrogens is 446 g/mol. The first-order chi connectivity index (χ1) is 15.7. The van der Waals surface area contributed by atoms with Gasteiger partial charge in [0.05, 0.1) is 0 Å². The average Bonchev–Trinajstić information content (AvgIpc) is 3.51. The predicted octanol–water partition coefficient (Wildman–Crippen LogP) is 1.27. The lowest BCUT2D eigenvalue weighted by molar-refractivity contribution is -0.121. The van der Waals surface area contributed by atoms with Crippen molar-refractivity contribution in [1.82, 2.24) is 45.5 Å². The zero-order valence-electron chi connectivity index (χ0n) is 18.2. The van der Waals surface area contributed by atoms with Crippen LogP contribution in [0.3, 0.4) is 0 Å². The smallest absolute Gasteiger partial charge is 0.291 e. The number of aromatic nitrogens is 6. The number of carbonyl (C=O) groups excluding carboxylic acids is 2. The molecule has 0 spiro atoms. The lowest BCUT2D eigenvalue weighted by Crippen LogP contribution is -2.35. The molecule has 1 aliphatic rings. The molecule has 0 aliphatic carbocycles. The monoisotopic (exact) mass is 473 g/mol. The number of amides is 2. The van der Waals surface area contributed by atoms with E-state index in [2.05, 4.69) is 36.0 Å². The Bertz CT molecular complexity index is 1010. The van der Waals surface area contributed by atoms with Crippen molar-refractivity contribution in [2.45, 2.75) is 31.7 Å². The van der Waals surface area contributed by atoms with Crippen LogP contribution in [0, 0.1) is 0 Å². The number of nitrogens with zero attached hydrogens (tertiary/aromatic N) is 6. The quantitative estimate of drug-likeness (QED) is 0.521. The summed E-state index contributed by atoms with van der Waals surface area (Å²) in [7, 11) is 0. The van der Waals surface area contributed by atoms with Crippen LogP contribution in [-0.2, 0) is 4.79 Å². The predicted molar refractivity (Wildman–Crippen MR) is 123 cm³/mol. The molecule has 1 fully saturated rings. The Balaban J connectivity index is 0.00000306. The van der Waals surface area contributed by atoms with Crippen molar-refractivity contribution in [1.29, 1.82) is 0 Å². The van der Waals surface area contributed by atoms with Crippen LogP contribution in [0.4, 0.5) is 0 Å². The zero-order chi connectivity index (χ0) is 22.2. The summed E-state index contributed by atoms with van der Waals surface area (Å²) in [6.45, 7) is 2.43. The molecule has 1 atom stereocenters. The maximum absolute atomic E-state index is 13.1. The highest BCUT2D eigenvalue weighted by Gasteiger charge is 2.21. The van der Waals surface area contributed by atoms with Gasteiger partial charge in [0.25, 0.3) is 11.9 Å². The van der Waals surface area contributed by atoms with Crippen molar-refractivity contribution in [2.24, 2.45) is 0 Å². The van der Waals surface area contributed by atoms with E-state index in [9.17, 15) is 9.59 Å². The lowest BCUT2D eigenvalue weighted by Gasteiger charge is -2.22. The number of halogens is 1. The molecule has 12 heteroatoms. The van der Waals surface area contributed by atoms with Gasteiger partial charge in [-0.15, -0.1) is 27.7 Å². The summed E-state index contributed by atoms with van der Waals surface area (Å²) in [6, 6.07) is 9.89. The number of rotatable bonds is 3. The minimum atomic E-state index is -0.199. The van der Waals surface area contributed by atoms with Gasteiger partial charge in [-0.1, -0.05) is 30.3 Å². The van der Waals surface area contributed by atoms with E-state index in [4.69, 9.17) is 0 Å². The van der Waals surface area contributed by atoms with E-state index in [1.165, 1.54) is 17.2 Å². The zero-order valence-corrected chi connectivity index (χ0v) is 19.0. The van der Waals surface area contributed by atoms with Gasteiger partial charge in [-0.2, -0.15) is 4.98 Å². The van der Waals surface area contributed by atoms with Gasteiger partial charge in [0.2, 0.25) is 11.7 Å². The van der Waals surface area contributed by atoms with Gasteiger partial charge in [0.1, 0.15) is 12.7 Å². The van der Waals surface area contributed by atoms with Crippen molar-refractivity contribution in [3.63, 3.8) is 0 Å². The fourth-order valence-corrected chi connectivity index (χ4v) is 3.69. The van der Waals surface area contributed by atoms with Crippen LogP contribution in [0.15, 0.2) is 43.0 Å². The van der Waals surface area contributed by atoms with Gasteiger partial charge in [0, 0.05) is 32.1 Å². The molecule has 3 N–H and O–H groups in total. The molecule has 1 aromatic carbocycles. The number of hydrogen-bond donors (Lipinski definition) is 3. The van der Waals surface area contributed by atoms with E-state index >= 15 is 0 Å². The summed E-state index contributed by atoms with van der Waals surface area (Å²) < 4.78 is 1.53. The Hall–Kier alpha value is -3.31. The highest BCUT2D eigenvalue weighted by molar-refractivity contribution is 5.90. The van der Waals surface area contributed by atoms with Gasteiger partial charge in [-0.05, 0) is 31.4 Å². The average molecular weight is 474 g/mol. The molecule has 1 saturated heterocycles. The molecule has 2 amide bonds. The van der Waals surface area contributed by atoms with E-state index in [1.54, 1.807) is 4.90 Å². The lowest BCUT2D eigenvalue weighted by atomic mass is 10.0. The van der Waals surface area contributed by atoms with Crippen molar-refractivity contribution < 1.29 is 9.59 Å². The number of hydrogen-bond acceptors (Lipinski definition) is 7. The third kappa shape index (κ3) is 6.59. The molecule has 0 radical (unpaired) electrons. The summed E-state index contributed by atoms with van der Waals surface area (Å²) in [6.07, 6.45) is 5.66. The first-order valence-corrected chi connectivity index (χ1v) is 10.8. The first kappa shape index (κ1) is 24.3. The molecule has 3 aromatic rings. The Morgan fingerprint density at radius 1 is 1.00 bits per heavy atom. The van der Waals surface area contributed by atoms with E-state index in [-0.39, 0.29) is 36.1 Å². The molecule has 1 aliphatic heterocycles. The van der Waals surface area contributed by atoms with Gasteiger partial charge >= 0.3 is 0 Å². The van der Waals surface area contributed by atoms with Gasteiger partial charge in [0.15, 0.2) is 0 Å². The second-order valence-corrected chi connectivity index (χ2v) is 7.68. The van der Waals surface area contributed by atoms with Crippen LogP contribution in [0.1, 0.15) is 47.9 Å². The molecule has 33 heavy (non-hydrogen) atoms. The topological polar surface area (TPSA) is 134 Å². The fraction of sp³-hybridized carbons (Fsp3) is 0.429. The third-order valence-electron chi connectivity index (χ3n) is 5.38. The van der Waals surface area contributed by atoms with Crippen LogP contribution in [-0.4, -0.2) is 72.8 Å². The summed E-state index contributed by atoms with van der Waals surface area (Å²) >= 11 is 0. The number of benzene rings is 1. The van der Waals surface area contributed by atoms with Crippen molar-refractivity contribution in [2.75, 3.05) is 26.2 Å². The van der Waals surface area contributed by atoms with Crippen molar-refractivity contribution in [3.8, 4) is 5.95 Å². The summed E-state index contributed by atoms with van der Waals surface area (Å²) in [5.74, 6) is 0.331. The number of nitrogens with one attached hydrogen (secondary N) is 3. The third-order valence-corrected chi connectivity index (χ3v) is 5.38. The molecule has 4 rings (SSSR count). The summed E-state index contributed by atoms with van der Waals surface area (Å²) in [5, 5.41) is 20.7. The van der Waals surface area contributed by atoms with Crippen LogP contribution in [0.5, 0.6) is 0 Å². The Morgan fingerprint density at radius 3 is 2.55 bits per heavy atom. The van der Waals surface area contributed by atoms with Gasteiger partial charge < -0.3 is 15.5 Å². The van der Waals surface area contributed by atoms with Gasteiger partial charge in [-0.25, -0.2) is 0 Å². The minimum absolute atomic E-state index is 0. The SMILES string of the molecule is Cl.O=C1CC(c2ccccc2)NCCCN(C(=O)c2nc(-n3cnnc3)n[nH]2)CCCCN1. The molecule has 0 saturated carbocycles.